The Morgan fingerprint density at radius 1 is 0.957 bits per heavy atom. The maximum Gasteiger partial charge on any atom is 0.413 e. The number of hydrogen-bond acceptors (Lipinski definition) is 9. The number of carbonyl (C=O) groups excluding carboxylic acids is 3. The number of carbonyl (C=O) groups is 3. The molecule has 0 unspecified atom stereocenters. The lowest BCUT2D eigenvalue weighted by Crippen LogP contribution is -2.47. The number of urea groups is 1. The van der Waals surface area contributed by atoms with E-state index >= 15 is 0 Å². The van der Waals surface area contributed by atoms with Crippen molar-refractivity contribution in [2.24, 2.45) is 0 Å². The van der Waals surface area contributed by atoms with Gasteiger partial charge in [-0.1, -0.05) is 18.2 Å². The largest absolute Gasteiger partial charge is 0.444 e. The average molecular weight is 647 g/mol. The standard InChI is InChI=1S/C34H46N8O5/c1-7-35-30-27(31(43)36-16-17-42-20-22(2)46-23(3)21-42)13-14-28(40-30)25-9-11-26(12-10-25)39-32(44)38-19-24-8-15-29(37-18-24)41-33(45)47-34(4,5)6/h8-15,18,22-23H,7,16-17,19-21H2,1-6H3,(H,35,40)(H,36,43)(H,37,41,45)(H2,38,39,44)/t22-,23+. The number of benzene rings is 1. The zero-order chi connectivity index (χ0) is 34.0. The molecule has 3 heterocycles. The molecule has 4 rings (SSSR count). The molecular formula is C34H46N8O5. The van der Waals surface area contributed by atoms with Crippen LogP contribution in [-0.4, -0.2) is 83.4 Å². The Morgan fingerprint density at radius 2 is 1.68 bits per heavy atom. The molecule has 2 atom stereocenters. The number of pyridine rings is 2. The molecule has 1 saturated heterocycles. The number of anilines is 3. The van der Waals surface area contributed by atoms with Gasteiger partial charge in [0.15, 0.2) is 0 Å². The van der Waals surface area contributed by atoms with Crippen LogP contribution < -0.4 is 26.6 Å². The van der Waals surface area contributed by atoms with Crippen LogP contribution in [0, 0.1) is 0 Å². The molecule has 1 aliphatic heterocycles. The third-order valence-electron chi connectivity index (χ3n) is 7.04. The second-order valence-electron chi connectivity index (χ2n) is 12.5. The molecule has 1 fully saturated rings. The Morgan fingerprint density at radius 3 is 2.32 bits per heavy atom. The molecule has 1 aromatic carbocycles. The van der Waals surface area contributed by atoms with E-state index in [0.29, 0.717) is 41.7 Å². The monoisotopic (exact) mass is 646 g/mol. The van der Waals surface area contributed by atoms with E-state index in [4.69, 9.17) is 14.5 Å². The molecular weight excluding hydrogens is 600 g/mol. The lowest BCUT2D eigenvalue weighted by Gasteiger charge is -2.35. The number of nitrogens with zero attached hydrogens (tertiary/aromatic N) is 3. The Kier molecular flexibility index (Phi) is 12.1. The van der Waals surface area contributed by atoms with Gasteiger partial charge in [0.1, 0.15) is 17.2 Å². The zero-order valence-electron chi connectivity index (χ0n) is 28.0. The van der Waals surface area contributed by atoms with Crippen molar-refractivity contribution in [1.29, 1.82) is 0 Å². The predicted molar refractivity (Wildman–Crippen MR) is 183 cm³/mol. The Balaban J connectivity index is 1.27. The SMILES string of the molecule is CCNc1nc(-c2ccc(NC(=O)NCc3ccc(NC(=O)OC(C)(C)C)nc3)cc2)ccc1C(=O)NCCN1C[C@@H](C)O[C@@H](C)C1. The fraction of sp³-hybridized carbons (Fsp3) is 0.441. The lowest BCUT2D eigenvalue weighted by molar-refractivity contribution is -0.0672. The maximum absolute atomic E-state index is 13.0. The molecule has 4 amide bonds. The van der Waals surface area contributed by atoms with Gasteiger partial charge in [0.05, 0.1) is 23.5 Å². The van der Waals surface area contributed by atoms with Gasteiger partial charge in [0.2, 0.25) is 0 Å². The second kappa shape index (κ2) is 16.2. The van der Waals surface area contributed by atoms with Gasteiger partial charge in [0, 0.05) is 56.7 Å². The highest BCUT2D eigenvalue weighted by Crippen LogP contribution is 2.24. The number of aromatic nitrogens is 2. The summed E-state index contributed by atoms with van der Waals surface area (Å²) in [5.41, 5.74) is 2.77. The van der Waals surface area contributed by atoms with Gasteiger partial charge in [-0.3, -0.25) is 15.0 Å². The first-order chi connectivity index (χ1) is 22.4. The maximum atomic E-state index is 13.0. The number of hydrogen-bond donors (Lipinski definition) is 5. The smallest absolute Gasteiger partial charge is 0.413 e. The molecule has 0 radical (unpaired) electrons. The van der Waals surface area contributed by atoms with Crippen LogP contribution >= 0.6 is 0 Å². The molecule has 0 bridgehead atoms. The lowest BCUT2D eigenvalue weighted by atomic mass is 10.1. The van der Waals surface area contributed by atoms with E-state index in [1.807, 2.05) is 25.1 Å². The summed E-state index contributed by atoms with van der Waals surface area (Å²) in [4.78, 5) is 48.7. The van der Waals surface area contributed by atoms with E-state index in [1.54, 1.807) is 57.3 Å². The van der Waals surface area contributed by atoms with Gasteiger partial charge in [-0.2, -0.15) is 0 Å². The van der Waals surface area contributed by atoms with Crippen molar-refractivity contribution in [2.75, 3.05) is 48.7 Å². The van der Waals surface area contributed by atoms with Crippen molar-refractivity contribution in [3.05, 3.63) is 65.9 Å². The summed E-state index contributed by atoms with van der Waals surface area (Å²) in [5, 5.41) is 14.4. The number of ether oxygens (including phenoxy) is 2. The molecule has 252 valence electrons. The van der Waals surface area contributed by atoms with Crippen molar-refractivity contribution in [3.8, 4) is 11.3 Å². The molecule has 0 spiro atoms. The van der Waals surface area contributed by atoms with E-state index in [0.717, 1.165) is 30.8 Å². The van der Waals surface area contributed by atoms with E-state index in [-0.39, 0.29) is 30.7 Å². The Bertz CT molecular complexity index is 1500. The van der Waals surface area contributed by atoms with Crippen molar-refractivity contribution in [1.82, 2.24) is 25.5 Å². The topological polar surface area (TPSA) is 159 Å². The third-order valence-corrected chi connectivity index (χ3v) is 7.04. The number of morpholine rings is 1. The summed E-state index contributed by atoms with van der Waals surface area (Å²) in [6.07, 6.45) is 1.34. The summed E-state index contributed by atoms with van der Waals surface area (Å²) in [6, 6.07) is 13.9. The van der Waals surface area contributed by atoms with E-state index in [1.165, 1.54) is 0 Å². The number of amides is 4. The first-order valence-electron chi connectivity index (χ1n) is 15.9. The van der Waals surface area contributed by atoms with Crippen LogP contribution in [0.3, 0.4) is 0 Å². The molecule has 3 aromatic rings. The van der Waals surface area contributed by atoms with Crippen LogP contribution in [0.15, 0.2) is 54.7 Å². The van der Waals surface area contributed by atoms with Gasteiger partial charge in [-0.15, -0.1) is 0 Å². The van der Waals surface area contributed by atoms with Crippen molar-refractivity contribution in [2.45, 2.75) is 65.9 Å². The van der Waals surface area contributed by atoms with E-state index in [9.17, 15) is 14.4 Å². The molecule has 13 nitrogen and oxygen atoms in total. The van der Waals surface area contributed by atoms with Crippen LogP contribution in [0.25, 0.3) is 11.3 Å². The summed E-state index contributed by atoms with van der Waals surface area (Å²) in [6.45, 7) is 15.3. The van der Waals surface area contributed by atoms with Crippen LogP contribution in [0.5, 0.6) is 0 Å². The highest BCUT2D eigenvalue weighted by molar-refractivity contribution is 5.99. The first-order valence-corrected chi connectivity index (χ1v) is 15.9. The van der Waals surface area contributed by atoms with Crippen LogP contribution in [0.1, 0.15) is 57.5 Å². The minimum Gasteiger partial charge on any atom is -0.444 e. The van der Waals surface area contributed by atoms with Gasteiger partial charge in [0.25, 0.3) is 5.91 Å². The van der Waals surface area contributed by atoms with Gasteiger partial charge >= 0.3 is 12.1 Å². The highest BCUT2D eigenvalue weighted by atomic mass is 16.6. The van der Waals surface area contributed by atoms with Gasteiger partial charge < -0.3 is 30.7 Å². The number of nitrogens with one attached hydrogen (secondary N) is 5. The first kappa shape index (κ1) is 35.1. The van der Waals surface area contributed by atoms with Crippen molar-refractivity contribution in [3.63, 3.8) is 0 Å². The van der Waals surface area contributed by atoms with E-state index in [2.05, 4.69) is 50.3 Å². The van der Waals surface area contributed by atoms with Crippen LogP contribution in [-0.2, 0) is 16.0 Å². The second-order valence-corrected chi connectivity index (χ2v) is 12.5. The average Bonchev–Trinajstić information content (AvgIpc) is 3.00. The van der Waals surface area contributed by atoms with Crippen molar-refractivity contribution < 1.29 is 23.9 Å². The molecule has 13 heteroatoms. The highest BCUT2D eigenvalue weighted by Gasteiger charge is 2.22. The molecule has 2 aromatic heterocycles. The molecule has 0 saturated carbocycles. The summed E-state index contributed by atoms with van der Waals surface area (Å²) >= 11 is 0. The zero-order valence-corrected chi connectivity index (χ0v) is 28.0. The fourth-order valence-electron chi connectivity index (χ4n) is 5.09. The molecule has 0 aliphatic carbocycles. The Hall–Kier alpha value is -4.75. The van der Waals surface area contributed by atoms with E-state index < -0.39 is 11.7 Å². The quantitative estimate of drug-likeness (QED) is 0.191. The molecule has 47 heavy (non-hydrogen) atoms. The molecule has 1 aliphatic rings. The fourth-order valence-corrected chi connectivity index (χ4v) is 5.09. The minimum atomic E-state index is -0.610. The predicted octanol–water partition coefficient (Wildman–Crippen LogP) is 5.08. The van der Waals surface area contributed by atoms with Crippen LogP contribution in [0.2, 0.25) is 0 Å². The minimum absolute atomic E-state index is 0.177. The normalized spacial score (nSPS) is 16.6. The van der Waals surface area contributed by atoms with Gasteiger partial charge in [-0.25, -0.2) is 19.6 Å². The number of rotatable bonds is 11. The molecule has 5 N–H and O–H groups in total. The Labute approximate surface area is 276 Å². The summed E-state index contributed by atoms with van der Waals surface area (Å²) < 4.78 is 11.0. The van der Waals surface area contributed by atoms with Crippen LogP contribution in [0.4, 0.5) is 26.9 Å². The summed E-state index contributed by atoms with van der Waals surface area (Å²) in [7, 11) is 0. The summed E-state index contributed by atoms with van der Waals surface area (Å²) in [5.74, 6) is 0.686. The van der Waals surface area contributed by atoms with Gasteiger partial charge in [-0.05, 0) is 77.4 Å². The third kappa shape index (κ3) is 11.2. The van der Waals surface area contributed by atoms with Crippen molar-refractivity contribution >= 4 is 35.4 Å².